The maximum Gasteiger partial charge on any atom is 0.274 e. The fraction of sp³-hybridized carbons (Fsp3) is 0.250. The van der Waals surface area contributed by atoms with Gasteiger partial charge in [0.15, 0.2) is 0 Å². The van der Waals surface area contributed by atoms with Crippen LogP contribution < -0.4 is 0 Å². The molecule has 1 aromatic carbocycles. The van der Waals surface area contributed by atoms with Crippen LogP contribution in [0, 0.1) is 17.0 Å². The van der Waals surface area contributed by atoms with Gasteiger partial charge in [-0.25, -0.2) is 0 Å². The Balaban J connectivity index is 3.33. The summed E-state index contributed by atoms with van der Waals surface area (Å²) in [5, 5.41) is 10.9. The lowest BCUT2D eigenvalue weighted by Gasteiger charge is -2.02. The Morgan fingerprint density at radius 2 is 2.15 bits per heavy atom. The molecule has 5 heteroatoms. The quantitative estimate of drug-likeness (QED) is 0.436. The van der Waals surface area contributed by atoms with Crippen molar-refractivity contribution >= 4 is 28.9 Å². The molecular formula is C8H7Cl2NO2. The number of alkyl halides is 1. The molecule has 0 amide bonds. The number of nitrogens with zero attached hydrogens (tertiary/aromatic N) is 1. The molecule has 0 radical (unpaired) electrons. The average Bonchev–Trinajstić information content (AvgIpc) is 2.09. The topological polar surface area (TPSA) is 43.1 Å². The first kappa shape index (κ1) is 10.3. The van der Waals surface area contributed by atoms with Gasteiger partial charge in [-0.3, -0.25) is 10.1 Å². The van der Waals surface area contributed by atoms with E-state index in [4.69, 9.17) is 23.2 Å². The molecule has 0 heterocycles. The Morgan fingerprint density at radius 3 is 2.62 bits per heavy atom. The highest BCUT2D eigenvalue weighted by Gasteiger charge is 2.14. The van der Waals surface area contributed by atoms with E-state index in [0.29, 0.717) is 16.1 Å². The maximum absolute atomic E-state index is 10.5. The number of rotatable bonds is 2. The third-order valence-electron chi connectivity index (χ3n) is 1.73. The summed E-state index contributed by atoms with van der Waals surface area (Å²) >= 11 is 11.3. The second-order valence-electron chi connectivity index (χ2n) is 2.61. The third kappa shape index (κ3) is 2.11. The van der Waals surface area contributed by atoms with E-state index in [1.165, 1.54) is 6.07 Å². The highest BCUT2D eigenvalue weighted by Crippen LogP contribution is 2.27. The van der Waals surface area contributed by atoms with Crippen LogP contribution in [-0.4, -0.2) is 4.92 Å². The van der Waals surface area contributed by atoms with Gasteiger partial charge in [0.2, 0.25) is 0 Å². The van der Waals surface area contributed by atoms with Gasteiger partial charge in [0.05, 0.1) is 9.95 Å². The van der Waals surface area contributed by atoms with Gasteiger partial charge in [-0.1, -0.05) is 11.6 Å². The predicted molar refractivity (Wildman–Crippen MR) is 52.4 cm³/mol. The SMILES string of the molecule is Cc1c(Cl)cc(CCl)cc1[N+](=O)[O-]. The van der Waals surface area contributed by atoms with E-state index in [1.807, 2.05) is 0 Å². The molecule has 0 saturated heterocycles. The van der Waals surface area contributed by atoms with Gasteiger partial charge in [0, 0.05) is 17.5 Å². The second-order valence-corrected chi connectivity index (χ2v) is 3.29. The van der Waals surface area contributed by atoms with Crippen LogP contribution in [0.3, 0.4) is 0 Å². The first-order valence-electron chi connectivity index (χ1n) is 3.55. The van der Waals surface area contributed by atoms with Crippen LogP contribution in [-0.2, 0) is 5.88 Å². The molecule has 70 valence electrons. The van der Waals surface area contributed by atoms with Crippen molar-refractivity contribution in [2.75, 3.05) is 0 Å². The average molecular weight is 220 g/mol. The number of nitro groups is 1. The molecule has 0 aliphatic heterocycles. The van der Waals surface area contributed by atoms with Gasteiger partial charge in [-0.15, -0.1) is 11.6 Å². The fourth-order valence-electron chi connectivity index (χ4n) is 0.986. The van der Waals surface area contributed by atoms with Crippen molar-refractivity contribution in [1.82, 2.24) is 0 Å². The molecule has 0 unspecified atom stereocenters. The van der Waals surface area contributed by atoms with Crippen molar-refractivity contribution < 1.29 is 4.92 Å². The van der Waals surface area contributed by atoms with E-state index in [2.05, 4.69) is 0 Å². The monoisotopic (exact) mass is 219 g/mol. The zero-order valence-corrected chi connectivity index (χ0v) is 8.39. The normalized spacial score (nSPS) is 10.1. The van der Waals surface area contributed by atoms with E-state index in [0.717, 1.165) is 0 Å². The molecule has 0 N–H and O–H groups in total. The molecule has 0 aliphatic rings. The molecule has 0 fully saturated rings. The maximum atomic E-state index is 10.5. The van der Waals surface area contributed by atoms with Crippen LogP contribution in [0.25, 0.3) is 0 Å². The minimum atomic E-state index is -0.461. The van der Waals surface area contributed by atoms with Gasteiger partial charge in [-0.2, -0.15) is 0 Å². The van der Waals surface area contributed by atoms with E-state index >= 15 is 0 Å². The van der Waals surface area contributed by atoms with Gasteiger partial charge in [0.1, 0.15) is 0 Å². The molecule has 0 atom stereocenters. The summed E-state index contributed by atoms with van der Waals surface area (Å²) in [5.74, 6) is 0.223. The van der Waals surface area contributed by atoms with Crippen LogP contribution in [0.1, 0.15) is 11.1 Å². The highest BCUT2D eigenvalue weighted by molar-refractivity contribution is 6.31. The first-order chi connectivity index (χ1) is 6.06. The van der Waals surface area contributed by atoms with Crippen molar-refractivity contribution in [1.29, 1.82) is 0 Å². The molecule has 3 nitrogen and oxygen atoms in total. The molecular weight excluding hydrogens is 213 g/mol. The van der Waals surface area contributed by atoms with Crippen LogP contribution in [0.15, 0.2) is 12.1 Å². The van der Waals surface area contributed by atoms with Gasteiger partial charge < -0.3 is 0 Å². The van der Waals surface area contributed by atoms with Crippen molar-refractivity contribution in [3.05, 3.63) is 38.4 Å². The molecule has 0 aromatic heterocycles. The lowest BCUT2D eigenvalue weighted by atomic mass is 10.1. The summed E-state index contributed by atoms with van der Waals surface area (Å²) in [6, 6.07) is 3.07. The first-order valence-corrected chi connectivity index (χ1v) is 4.47. The fourth-order valence-corrected chi connectivity index (χ4v) is 1.38. The Bertz CT molecular complexity index is 352. The van der Waals surface area contributed by atoms with Crippen LogP contribution >= 0.6 is 23.2 Å². The summed E-state index contributed by atoms with van der Waals surface area (Å²) in [4.78, 5) is 10.1. The Morgan fingerprint density at radius 1 is 1.54 bits per heavy atom. The molecule has 0 aliphatic carbocycles. The summed E-state index contributed by atoms with van der Waals surface area (Å²) < 4.78 is 0. The molecule has 1 aromatic rings. The Kier molecular flexibility index (Phi) is 3.12. The molecule has 0 bridgehead atoms. The van der Waals surface area contributed by atoms with Crippen molar-refractivity contribution in [2.24, 2.45) is 0 Å². The Labute approximate surface area is 85.4 Å². The molecule has 0 saturated carbocycles. The zero-order valence-electron chi connectivity index (χ0n) is 6.88. The largest absolute Gasteiger partial charge is 0.274 e. The summed E-state index contributed by atoms with van der Waals surface area (Å²) in [6.07, 6.45) is 0. The number of hydrogen-bond donors (Lipinski definition) is 0. The van der Waals surface area contributed by atoms with Gasteiger partial charge >= 0.3 is 0 Å². The van der Waals surface area contributed by atoms with E-state index in [-0.39, 0.29) is 11.6 Å². The van der Waals surface area contributed by atoms with E-state index in [9.17, 15) is 10.1 Å². The Hall–Kier alpha value is -0.800. The zero-order chi connectivity index (χ0) is 10.0. The number of hydrogen-bond acceptors (Lipinski definition) is 2. The summed E-state index contributed by atoms with van der Waals surface area (Å²) in [6.45, 7) is 1.61. The standard InChI is InChI=1S/C8H7Cl2NO2/c1-5-7(10)2-6(4-9)3-8(5)11(12)13/h2-3H,4H2,1H3. The van der Waals surface area contributed by atoms with E-state index < -0.39 is 4.92 Å². The van der Waals surface area contributed by atoms with Crippen molar-refractivity contribution in [3.8, 4) is 0 Å². The van der Waals surface area contributed by atoms with Gasteiger partial charge in [-0.05, 0) is 18.6 Å². The molecule has 13 heavy (non-hydrogen) atoms. The van der Waals surface area contributed by atoms with Crippen LogP contribution in [0.4, 0.5) is 5.69 Å². The second kappa shape index (κ2) is 3.94. The highest BCUT2D eigenvalue weighted by atomic mass is 35.5. The van der Waals surface area contributed by atoms with Crippen molar-refractivity contribution in [3.63, 3.8) is 0 Å². The van der Waals surface area contributed by atoms with Crippen LogP contribution in [0.2, 0.25) is 5.02 Å². The lowest BCUT2D eigenvalue weighted by Crippen LogP contribution is -1.94. The number of benzene rings is 1. The minimum absolute atomic E-state index is 0.0168. The van der Waals surface area contributed by atoms with Crippen molar-refractivity contribution in [2.45, 2.75) is 12.8 Å². The summed E-state index contributed by atoms with van der Waals surface area (Å²) in [5.41, 5.74) is 1.15. The lowest BCUT2D eigenvalue weighted by molar-refractivity contribution is -0.385. The van der Waals surface area contributed by atoms with Crippen LogP contribution in [0.5, 0.6) is 0 Å². The smallest absolute Gasteiger partial charge is 0.258 e. The summed E-state index contributed by atoms with van der Waals surface area (Å²) in [7, 11) is 0. The predicted octanol–water partition coefficient (Wildman–Crippen LogP) is 3.30. The number of halogens is 2. The van der Waals surface area contributed by atoms with Gasteiger partial charge in [0.25, 0.3) is 5.69 Å². The molecule has 1 rings (SSSR count). The van der Waals surface area contributed by atoms with E-state index in [1.54, 1.807) is 13.0 Å². The molecule has 0 spiro atoms. The third-order valence-corrected chi connectivity index (χ3v) is 2.43. The minimum Gasteiger partial charge on any atom is -0.258 e. The number of nitro benzene ring substituents is 1.